The molecule has 0 radical (unpaired) electrons. The van der Waals surface area contributed by atoms with Gasteiger partial charge in [0, 0.05) is 22.7 Å². The molecule has 0 saturated heterocycles. The Morgan fingerprint density at radius 2 is 2.07 bits per heavy atom. The van der Waals surface area contributed by atoms with E-state index in [2.05, 4.69) is 16.7 Å². The van der Waals surface area contributed by atoms with Crippen LogP contribution in [0.15, 0.2) is 65.7 Å². The summed E-state index contributed by atoms with van der Waals surface area (Å²) in [4.78, 5) is 18.9. The second-order valence-electron chi connectivity index (χ2n) is 5.97. The molecule has 0 aliphatic heterocycles. The number of rotatable bonds is 8. The third-order valence-electron chi connectivity index (χ3n) is 4.01. The molecule has 0 unspecified atom stereocenters. The second-order valence-corrected chi connectivity index (χ2v) is 6.40. The first-order chi connectivity index (χ1) is 13.6. The van der Waals surface area contributed by atoms with E-state index in [4.69, 9.17) is 20.9 Å². The van der Waals surface area contributed by atoms with Crippen molar-refractivity contribution in [1.82, 2.24) is 15.0 Å². The fraction of sp³-hybridized carbons (Fsp3) is 0.190. The van der Waals surface area contributed by atoms with Gasteiger partial charge in [-0.3, -0.25) is 4.79 Å². The summed E-state index contributed by atoms with van der Waals surface area (Å²) in [5, 5.41) is 4.62. The van der Waals surface area contributed by atoms with Crippen molar-refractivity contribution in [2.24, 2.45) is 0 Å². The Balaban J connectivity index is 1.73. The first-order valence-corrected chi connectivity index (χ1v) is 9.20. The summed E-state index contributed by atoms with van der Waals surface area (Å²) >= 11 is 5.90. The number of halogens is 1. The third kappa shape index (κ3) is 4.78. The van der Waals surface area contributed by atoms with Gasteiger partial charge in [-0.2, -0.15) is 4.98 Å². The number of hydrogen-bond donors (Lipinski definition) is 0. The van der Waals surface area contributed by atoms with Crippen molar-refractivity contribution >= 4 is 17.5 Å². The Morgan fingerprint density at radius 1 is 1.29 bits per heavy atom. The van der Waals surface area contributed by atoms with Gasteiger partial charge in [0.2, 0.25) is 11.7 Å². The zero-order valence-electron chi connectivity index (χ0n) is 15.5. The molecule has 0 saturated carbocycles. The Hall–Kier alpha value is -3.12. The van der Waals surface area contributed by atoms with Gasteiger partial charge in [-0.05, 0) is 49.4 Å². The highest BCUT2D eigenvalue weighted by Gasteiger charge is 2.19. The molecule has 28 heavy (non-hydrogen) atoms. The molecule has 6 nitrogen and oxygen atoms in total. The number of ether oxygens (including phenoxy) is 1. The van der Waals surface area contributed by atoms with Gasteiger partial charge in [0.05, 0.1) is 0 Å². The standard InChI is InChI=1S/C21H20ClN3O3/c1-3-12-27-18-7-5-6-16(13-18)21(26)25(4-2)14-19-23-20(24-28-19)15-8-10-17(22)11-9-15/h3,5-11,13H,1,4,12,14H2,2H3. The van der Waals surface area contributed by atoms with Crippen LogP contribution >= 0.6 is 11.6 Å². The van der Waals surface area contributed by atoms with E-state index in [0.717, 1.165) is 5.56 Å². The van der Waals surface area contributed by atoms with Crippen LogP contribution in [0.3, 0.4) is 0 Å². The Bertz CT molecular complexity index is 954. The molecule has 0 atom stereocenters. The average molecular weight is 398 g/mol. The van der Waals surface area contributed by atoms with E-state index < -0.39 is 0 Å². The molecule has 2 aromatic carbocycles. The van der Waals surface area contributed by atoms with Gasteiger partial charge in [0.25, 0.3) is 5.91 Å². The van der Waals surface area contributed by atoms with Crippen LogP contribution in [0.4, 0.5) is 0 Å². The lowest BCUT2D eigenvalue weighted by Gasteiger charge is -2.19. The third-order valence-corrected chi connectivity index (χ3v) is 4.27. The Labute approximate surface area is 168 Å². The average Bonchev–Trinajstić information content (AvgIpc) is 3.19. The van der Waals surface area contributed by atoms with Crippen LogP contribution < -0.4 is 4.74 Å². The van der Waals surface area contributed by atoms with Gasteiger partial charge in [-0.15, -0.1) is 0 Å². The van der Waals surface area contributed by atoms with Gasteiger partial charge in [0.15, 0.2) is 0 Å². The summed E-state index contributed by atoms with van der Waals surface area (Å²) in [7, 11) is 0. The van der Waals surface area contributed by atoms with E-state index in [0.29, 0.717) is 41.2 Å². The van der Waals surface area contributed by atoms with Gasteiger partial charge in [-0.25, -0.2) is 0 Å². The van der Waals surface area contributed by atoms with Gasteiger partial charge < -0.3 is 14.2 Å². The molecule has 0 aliphatic rings. The Morgan fingerprint density at radius 3 is 2.79 bits per heavy atom. The molecule has 0 aliphatic carbocycles. The van der Waals surface area contributed by atoms with Crippen molar-refractivity contribution in [2.45, 2.75) is 13.5 Å². The van der Waals surface area contributed by atoms with Crippen LogP contribution in [-0.2, 0) is 6.54 Å². The molecular formula is C21H20ClN3O3. The van der Waals surface area contributed by atoms with E-state index in [1.54, 1.807) is 47.4 Å². The highest BCUT2D eigenvalue weighted by atomic mass is 35.5. The summed E-state index contributed by atoms with van der Waals surface area (Å²) in [6.45, 7) is 6.61. The molecule has 1 aromatic heterocycles. The normalized spacial score (nSPS) is 10.5. The minimum atomic E-state index is -0.141. The van der Waals surface area contributed by atoms with E-state index in [1.165, 1.54) is 0 Å². The fourth-order valence-corrected chi connectivity index (χ4v) is 2.71. The second kappa shape index (κ2) is 9.19. The van der Waals surface area contributed by atoms with E-state index in [1.807, 2.05) is 19.1 Å². The van der Waals surface area contributed by atoms with E-state index in [9.17, 15) is 4.79 Å². The molecule has 3 aromatic rings. The van der Waals surface area contributed by atoms with Crippen LogP contribution in [0.1, 0.15) is 23.2 Å². The topological polar surface area (TPSA) is 68.5 Å². The minimum absolute atomic E-state index is 0.141. The number of carbonyl (C=O) groups is 1. The maximum Gasteiger partial charge on any atom is 0.254 e. The van der Waals surface area contributed by atoms with Crippen molar-refractivity contribution in [1.29, 1.82) is 0 Å². The van der Waals surface area contributed by atoms with E-state index >= 15 is 0 Å². The summed E-state index contributed by atoms with van der Waals surface area (Å²) in [6.07, 6.45) is 1.65. The van der Waals surface area contributed by atoms with Crippen LogP contribution in [-0.4, -0.2) is 34.1 Å². The summed E-state index contributed by atoms with van der Waals surface area (Å²) in [6, 6.07) is 14.2. The van der Waals surface area contributed by atoms with Crippen LogP contribution in [0.25, 0.3) is 11.4 Å². The predicted molar refractivity (Wildman–Crippen MR) is 107 cm³/mol. The lowest BCUT2D eigenvalue weighted by molar-refractivity contribution is 0.0734. The predicted octanol–water partition coefficient (Wildman–Crippen LogP) is 4.62. The summed E-state index contributed by atoms with van der Waals surface area (Å²) in [5.41, 5.74) is 1.32. The zero-order valence-corrected chi connectivity index (χ0v) is 16.2. The first-order valence-electron chi connectivity index (χ1n) is 8.82. The largest absolute Gasteiger partial charge is 0.490 e. The molecule has 3 rings (SSSR count). The molecule has 0 fully saturated rings. The number of benzene rings is 2. The van der Waals surface area contributed by atoms with Crippen molar-refractivity contribution in [3.63, 3.8) is 0 Å². The minimum Gasteiger partial charge on any atom is -0.490 e. The smallest absolute Gasteiger partial charge is 0.254 e. The van der Waals surface area contributed by atoms with Crippen molar-refractivity contribution in [3.05, 3.63) is 77.7 Å². The summed E-state index contributed by atoms with van der Waals surface area (Å²) < 4.78 is 10.8. The highest BCUT2D eigenvalue weighted by molar-refractivity contribution is 6.30. The van der Waals surface area contributed by atoms with Gasteiger partial charge in [0.1, 0.15) is 18.9 Å². The van der Waals surface area contributed by atoms with Crippen LogP contribution in [0.5, 0.6) is 5.75 Å². The number of aromatic nitrogens is 2. The molecule has 0 bridgehead atoms. The van der Waals surface area contributed by atoms with E-state index in [-0.39, 0.29) is 12.5 Å². The van der Waals surface area contributed by atoms with Gasteiger partial charge in [-0.1, -0.05) is 35.5 Å². The van der Waals surface area contributed by atoms with Crippen LogP contribution in [0, 0.1) is 0 Å². The number of amides is 1. The SMILES string of the molecule is C=CCOc1cccc(C(=O)N(CC)Cc2nc(-c3ccc(Cl)cc3)no2)c1. The number of nitrogens with zero attached hydrogens (tertiary/aromatic N) is 3. The van der Waals surface area contributed by atoms with Gasteiger partial charge >= 0.3 is 0 Å². The highest BCUT2D eigenvalue weighted by Crippen LogP contribution is 2.20. The maximum atomic E-state index is 12.9. The fourth-order valence-electron chi connectivity index (χ4n) is 2.58. The maximum absolute atomic E-state index is 12.9. The lowest BCUT2D eigenvalue weighted by atomic mass is 10.2. The Kier molecular flexibility index (Phi) is 6.45. The molecule has 7 heteroatoms. The van der Waals surface area contributed by atoms with Crippen molar-refractivity contribution < 1.29 is 14.1 Å². The molecule has 0 spiro atoms. The lowest BCUT2D eigenvalue weighted by Crippen LogP contribution is -2.30. The van der Waals surface area contributed by atoms with Crippen molar-refractivity contribution in [2.75, 3.05) is 13.2 Å². The quantitative estimate of drug-likeness (QED) is 0.519. The molecule has 0 N–H and O–H groups in total. The zero-order chi connectivity index (χ0) is 19.9. The summed E-state index contributed by atoms with van der Waals surface area (Å²) in [5.74, 6) is 1.29. The van der Waals surface area contributed by atoms with Crippen LogP contribution in [0.2, 0.25) is 5.02 Å². The molecule has 1 heterocycles. The molecular weight excluding hydrogens is 378 g/mol. The molecule has 144 valence electrons. The van der Waals surface area contributed by atoms with Crippen molar-refractivity contribution in [3.8, 4) is 17.1 Å². The monoisotopic (exact) mass is 397 g/mol. The number of hydrogen-bond acceptors (Lipinski definition) is 5. The molecule has 1 amide bonds. The first kappa shape index (κ1) is 19.6. The number of carbonyl (C=O) groups excluding carboxylic acids is 1.